The van der Waals surface area contributed by atoms with E-state index in [2.05, 4.69) is 13.8 Å². The minimum atomic E-state index is -1.56. The number of ether oxygens (including phenoxy) is 3. The number of hydrogen-bond acceptors (Lipinski definition) is 7. The molecule has 3 saturated carbocycles. The molecule has 5 fully saturated rings. The Kier molecular flexibility index (Phi) is 7.20. The van der Waals surface area contributed by atoms with Crippen LogP contribution in [0.15, 0.2) is 23.8 Å². The van der Waals surface area contributed by atoms with Gasteiger partial charge >= 0.3 is 240 Å². The molecule has 6 aliphatic rings. The van der Waals surface area contributed by atoms with Crippen LogP contribution in [0.5, 0.6) is 0 Å². The van der Waals surface area contributed by atoms with Gasteiger partial charge in [0.2, 0.25) is 0 Å². The van der Waals surface area contributed by atoms with Crippen molar-refractivity contribution in [2.24, 2.45) is 34.5 Å². The Balaban J connectivity index is 1.35. The average Bonchev–Trinajstić information content (AvgIpc) is 3.41. The van der Waals surface area contributed by atoms with Crippen molar-refractivity contribution < 1.29 is 33.7 Å². The summed E-state index contributed by atoms with van der Waals surface area (Å²) in [6, 6.07) is 0. The van der Waals surface area contributed by atoms with Crippen LogP contribution in [-0.4, -0.2) is 60.2 Å². The maximum absolute atomic E-state index is 14.3. The van der Waals surface area contributed by atoms with E-state index in [4.69, 9.17) is 14.2 Å². The van der Waals surface area contributed by atoms with Gasteiger partial charge in [-0.1, -0.05) is 0 Å². The van der Waals surface area contributed by atoms with E-state index in [0.29, 0.717) is 12.8 Å². The number of rotatable bonds is 5. The van der Waals surface area contributed by atoms with Gasteiger partial charge in [0.1, 0.15) is 0 Å². The van der Waals surface area contributed by atoms with Crippen LogP contribution in [0.25, 0.3) is 0 Å². The summed E-state index contributed by atoms with van der Waals surface area (Å²) in [5, 5.41) is 11.9. The summed E-state index contributed by atoms with van der Waals surface area (Å²) in [7, 11) is 0. The van der Waals surface area contributed by atoms with E-state index in [1.165, 1.54) is 28.1 Å². The number of halogens is 1. The number of esters is 1. The molecule has 6 rings (SSSR count). The van der Waals surface area contributed by atoms with Gasteiger partial charge in [0, 0.05) is 0 Å². The molecule has 0 radical (unpaired) electrons. The van der Waals surface area contributed by atoms with Crippen LogP contribution in [0.3, 0.4) is 0 Å². The van der Waals surface area contributed by atoms with Crippen molar-refractivity contribution in [3.05, 3.63) is 23.8 Å². The summed E-state index contributed by atoms with van der Waals surface area (Å²) in [4.78, 5) is 38.8. The monoisotopic (exact) mass is 654 g/mol. The molecule has 39 heavy (non-hydrogen) atoms. The number of alkyl halides is 3. The fourth-order valence-electron chi connectivity index (χ4n) is 9.06. The average molecular weight is 655 g/mol. The van der Waals surface area contributed by atoms with Crippen LogP contribution in [0.4, 0.5) is 0 Å². The van der Waals surface area contributed by atoms with E-state index >= 15 is 0 Å². The third kappa shape index (κ3) is 4.16. The van der Waals surface area contributed by atoms with Crippen LogP contribution >= 0.6 is 19.8 Å². The molecule has 4 aliphatic carbocycles. The van der Waals surface area contributed by atoms with E-state index in [1.807, 2.05) is 6.08 Å². The van der Waals surface area contributed by atoms with Crippen molar-refractivity contribution in [2.45, 2.75) is 94.7 Å². The molecule has 216 valence electrons. The van der Waals surface area contributed by atoms with Gasteiger partial charge in [-0.25, -0.2) is 0 Å². The van der Waals surface area contributed by atoms with Crippen molar-refractivity contribution in [2.75, 3.05) is 15.5 Å². The molecular weight excluding hydrogens is 611 g/mol. The van der Waals surface area contributed by atoms with Gasteiger partial charge in [-0.2, -0.15) is 0 Å². The zero-order valence-corrected chi connectivity index (χ0v) is 25.8. The third-order valence-electron chi connectivity index (χ3n) is 10.9. The second-order valence-corrected chi connectivity index (χ2v) is 19.3. The van der Waals surface area contributed by atoms with Crippen LogP contribution < -0.4 is 0 Å². The molecule has 0 aromatic rings. The third-order valence-corrected chi connectivity index (χ3v) is 17.2. The van der Waals surface area contributed by atoms with Gasteiger partial charge in [-0.3, -0.25) is 0 Å². The van der Waals surface area contributed by atoms with E-state index in [-0.39, 0.29) is 57.7 Å². The van der Waals surface area contributed by atoms with E-state index in [0.717, 1.165) is 18.4 Å². The SMILES string of the molecule is CC(C)C(=O)OCC(=O)[C@@]12O[C@H](I3CCCCC3)O[C@@H]1CC1[C@@H]3CCC4=CC(=O)C=C[C@]4(C)C3[C@@H](O)C[C@@]12C. The second-order valence-electron chi connectivity index (χ2n) is 13.3. The number of aliphatic hydroxyl groups excluding tert-OH is 1. The number of Topliss-reactive ketones (excluding diaryl/α,β-unsaturated/α-hetero) is 1. The summed E-state index contributed by atoms with van der Waals surface area (Å²) in [6.07, 6.45) is 10.9. The Morgan fingerprint density at radius 2 is 1.95 bits per heavy atom. The molecule has 0 aromatic carbocycles. The quantitative estimate of drug-likeness (QED) is 0.259. The van der Waals surface area contributed by atoms with Crippen LogP contribution in [0, 0.1) is 34.5 Å². The summed E-state index contributed by atoms with van der Waals surface area (Å²) in [6.45, 7) is 7.49. The van der Waals surface area contributed by atoms with Crippen molar-refractivity contribution in [3.8, 4) is 0 Å². The Labute approximate surface area is 238 Å². The summed E-state index contributed by atoms with van der Waals surface area (Å²) in [5.74, 6) is -0.635. The fourth-order valence-corrected chi connectivity index (χ4v) is 15.2. The number of carbonyl (C=O) groups excluding carboxylic acids is 3. The molecular formula is C31H43IO7. The normalized spacial score (nSPS) is 45.7. The maximum atomic E-state index is 14.3. The first-order valence-electron chi connectivity index (χ1n) is 14.8. The van der Waals surface area contributed by atoms with E-state index in [1.54, 1.807) is 26.0 Å². The second kappa shape index (κ2) is 10.0. The number of fused-ring (bicyclic) bond motifs is 7. The number of carbonyl (C=O) groups is 3. The molecule has 9 atom stereocenters. The summed E-state index contributed by atoms with van der Waals surface area (Å²) >= 11 is -1.56. The summed E-state index contributed by atoms with van der Waals surface area (Å²) in [5.41, 5.74) is -1.11. The van der Waals surface area contributed by atoms with Crippen LogP contribution in [0.2, 0.25) is 0 Å². The zero-order chi connectivity index (χ0) is 27.7. The fraction of sp³-hybridized carbons (Fsp3) is 0.774. The predicted octanol–water partition coefficient (Wildman–Crippen LogP) is 4.77. The molecule has 0 spiro atoms. The van der Waals surface area contributed by atoms with Crippen molar-refractivity contribution in [1.82, 2.24) is 0 Å². The Bertz CT molecular complexity index is 1110. The van der Waals surface area contributed by atoms with Crippen molar-refractivity contribution in [1.29, 1.82) is 0 Å². The molecule has 7 nitrogen and oxygen atoms in total. The number of hydrogen-bond donors (Lipinski definition) is 1. The Morgan fingerprint density at radius 3 is 2.67 bits per heavy atom. The van der Waals surface area contributed by atoms with Gasteiger partial charge in [-0.05, 0) is 0 Å². The summed E-state index contributed by atoms with van der Waals surface area (Å²) < 4.78 is 21.3. The Hall–Kier alpha value is -1.10. The number of aliphatic hydroxyl groups is 1. The molecule has 8 heteroatoms. The minimum absolute atomic E-state index is 0.0206. The first kappa shape index (κ1) is 28.0. The van der Waals surface area contributed by atoms with Gasteiger partial charge in [0.15, 0.2) is 0 Å². The van der Waals surface area contributed by atoms with Gasteiger partial charge in [-0.15, -0.1) is 0 Å². The Morgan fingerprint density at radius 1 is 1.21 bits per heavy atom. The first-order chi connectivity index (χ1) is 18.5. The van der Waals surface area contributed by atoms with Crippen LogP contribution in [-0.2, 0) is 28.6 Å². The number of ketones is 2. The zero-order valence-electron chi connectivity index (χ0n) is 23.6. The topological polar surface area (TPSA) is 99.1 Å². The first-order valence-corrected chi connectivity index (χ1v) is 19.1. The van der Waals surface area contributed by atoms with E-state index in [9.17, 15) is 19.5 Å². The van der Waals surface area contributed by atoms with Crippen molar-refractivity contribution >= 4 is 37.4 Å². The standard InChI is InChI=1S/C31H43IO7/c1-18(2)27(36)37-17-24(35)31-25(38-28(39-31)32-12-6-5-7-13-32)15-22-21-9-8-19-14-20(33)10-11-29(19,3)26(21)23(34)16-30(22,31)4/h10-11,14,18,21-23,25-26,28,34H,5-9,12-13,15-17H2,1-4H3/t21-,22?,23-,25+,26?,28+,29-,30-,31+/m0/s1. The van der Waals surface area contributed by atoms with Gasteiger partial charge in [0.25, 0.3) is 0 Å². The molecule has 2 aliphatic heterocycles. The predicted molar refractivity (Wildman–Crippen MR) is 154 cm³/mol. The molecule has 2 saturated heterocycles. The van der Waals surface area contributed by atoms with Gasteiger partial charge in [0.05, 0.1) is 0 Å². The molecule has 0 bridgehead atoms. The molecule has 1 N–H and O–H groups in total. The molecule has 0 amide bonds. The van der Waals surface area contributed by atoms with E-state index < -0.39 is 42.9 Å². The van der Waals surface area contributed by atoms with Crippen molar-refractivity contribution in [3.63, 3.8) is 0 Å². The van der Waals surface area contributed by atoms with Crippen LogP contribution in [0.1, 0.15) is 72.6 Å². The number of allylic oxidation sites excluding steroid dienone is 4. The van der Waals surface area contributed by atoms with Gasteiger partial charge < -0.3 is 0 Å². The molecule has 0 aromatic heterocycles. The molecule has 2 heterocycles. The molecule has 2 unspecified atom stereocenters.